The van der Waals surface area contributed by atoms with Gasteiger partial charge in [-0.25, -0.2) is 4.99 Å². The third kappa shape index (κ3) is 3.74. The molecule has 6 heteroatoms. The first kappa shape index (κ1) is 16.9. The highest BCUT2D eigenvalue weighted by atomic mass is 35.5. The summed E-state index contributed by atoms with van der Waals surface area (Å²) in [4.78, 5) is 19.2. The number of methoxy groups -OCH3 is 1. The van der Waals surface area contributed by atoms with Crippen molar-refractivity contribution in [3.8, 4) is 5.75 Å². The van der Waals surface area contributed by atoms with Crippen molar-refractivity contribution in [3.05, 3.63) is 59.1 Å². The molecule has 0 N–H and O–H groups in total. The van der Waals surface area contributed by atoms with Crippen LogP contribution in [-0.2, 0) is 0 Å². The number of carbonyl (C=O) groups is 1. The van der Waals surface area contributed by atoms with Crippen molar-refractivity contribution in [1.82, 2.24) is 4.90 Å². The van der Waals surface area contributed by atoms with Crippen molar-refractivity contribution in [1.29, 1.82) is 0 Å². The van der Waals surface area contributed by atoms with Gasteiger partial charge in [-0.1, -0.05) is 41.6 Å². The third-order valence-electron chi connectivity index (χ3n) is 3.62. The van der Waals surface area contributed by atoms with Gasteiger partial charge in [0.15, 0.2) is 5.17 Å². The van der Waals surface area contributed by atoms with Crippen LogP contribution in [-0.4, -0.2) is 35.4 Å². The minimum Gasteiger partial charge on any atom is -0.497 e. The largest absolute Gasteiger partial charge is 0.497 e. The monoisotopic (exact) mass is 360 g/mol. The fraction of sp³-hybridized carbons (Fsp3) is 0.222. The molecular formula is C18H17ClN2O2S. The Balaban J connectivity index is 1.92. The Bertz CT molecular complexity index is 779. The minimum absolute atomic E-state index is 0.0769. The van der Waals surface area contributed by atoms with E-state index in [1.807, 2.05) is 30.3 Å². The molecule has 3 rings (SSSR count). The van der Waals surface area contributed by atoms with Crippen molar-refractivity contribution >= 4 is 40.1 Å². The van der Waals surface area contributed by atoms with E-state index in [2.05, 4.69) is 4.99 Å². The number of amides is 1. The summed E-state index contributed by atoms with van der Waals surface area (Å²) in [7, 11) is 1.59. The number of ether oxygens (including phenoxy) is 1. The van der Waals surface area contributed by atoms with Gasteiger partial charge in [-0.15, -0.1) is 0 Å². The number of halogens is 1. The van der Waals surface area contributed by atoms with E-state index < -0.39 is 0 Å². The van der Waals surface area contributed by atoms with Crippen molar-refractivity contribution < 1.29 is 9.53 Å². The predicted octanol–water partition coefficient (Wildman–Crippen LogP) is 4.62. The fourth-order valence-corrected chi connectivity index (χ4v) is 3.53. The molecule has 1 saturated heterocycles. The second-order valence-corrected chi connectivity index (χ2v) is 6.71. The molecule has 0 unspecified atom stereocenters. The molecular weight excluding hydrogens is 344 g/mol. The molecule has 2 aromatic carbocycles. The molecule has 1 fully saturated rings. The summed E-state index contributed by atoms with van der Waals surface area (Å²) in [6, 6.07) is 14.5. The fourth-order valence-electron chi connectivity index (χ4n) is 2.40. The van der Waals surface area contributed by atoms with Gasteiger partial charge in [-0.05, 0) is 36.8 Å². The molecule has 1 aliphatic rings. The summed E-state index contributed by atoms with van der Waals surface area (Å²) in [6.07, 6.45) is 0.932. The first-order valence-electron chi connectivity index (χ1n) is 7.61. The number of nitrogens with zero attached hydrogens (tertiary/aromatic N) is 2. The highest BCUT2D eigenvalue weighted by molar-refractivity contribution is 8.13. The quantitative estimate of drug-likeness (QED) is 0.802. The maximum Gasteiger partial charge on any atom is 0.259 e. The number of benzene rings is 2. The number of hydrogen-bond acceptors (Lipinski definition) is 4. The third-order valence-corrected chi connectivity index (χ3v) is 5.00. The summed E-state index contributed by atoms with van der Waals surface area (Å²) in [6.45, 7) is 0.645. The molecule has 0 saturated carbocycles. The Kier molecular flexibility index (Phi) is 5.43. The van der Waals surface area contributed by atoms with Crippen LogP contribution in [0.4, 0.5) is 5.69 Å². The molecule has 0 radical (unpaired) electrons. The van der Waals surface area contributed by atoms with Crippen molar-refractivity contribution in [2.24, 2.45) is 4.99 Å². The van der Waals surface area contributed by atoms with Gasteiger partial charge in [0.25, 0.3) is 5.91 Å². The number of hydrogen-bond donors (Lipinski definition) is 0. The molecule has 4 nitrogen and oxygen atoms in total. The van der Waals surface area contributed by atoms with E-state index in [-0.39, 0.29) is 5.91 Å². The smallest absolute Gasteiger partial charge is 0.259 e. The first-order chi connectivity index (χ1) is 11.7. The van der Waals surface area contributed by atoms with E-state index in [1.165, 1.54) is 0 Å². The highest BCUT2D eigenvalue weighted by Gasteiger charge is 2.25. The molecule has 0 atom stereocenters. The summed E-state index contributed by atoms with van der Waals surface area (Å²) < 4.78 is 5.21. The second kappa shape index (κ2) is 7.73. The molecule has 1 heterocycles. The van der Waals surface area contributed by atoms with Gasteiger partial charge >= 0.3 is 0 Å². The summed E-state index contributed by atoms with van der Waals surface area (Å²) in [5.41, 5.74) is 1.26. The van der Waals surface area contributed by atoms with Crippen LogP contribution >= 0.6 is 23.4 Å². The lowest BCUT2D eigenvalue weighted by Crippen LogP contribution is -2.39. The summed E-state index contributed by atoms with van der Waals surface area (Å²) >= 11 is 7.76. The zero-order chi connectivity index (χ0) is 16.9. The Morgan fingerprint density at radius 1 is 1.25 bits per heavy atom. The number of thioether (sulfide) groups is 1. The lowest BCUT2D eigenvalue weighted by molar-refractivity contribution is 0.0849. The van der Waals surface area contributed by atoms with Crippen LogP contribution in [0.25, 0.3) is 0 Å². The Morgan fingerprint density at radius 3 is 2.88 bits per heavy atom. The number of aliphatic imine (C=N–C) groups is 1. The standard InChI is InChI=1S/C18H17ClN2O2S/c1-23-14-7-4-6-13(12-14)17(22)21-10-5-11-24-18(21)20-16-9-3-2-8-15(16)19/h2-4,6-9,12H,5,10-11H2,1H3. The van der Waals surface area contributed by atoms with Crippen LogP contribution in [0.15, 0.2) is 53.5 Å². The Hall–Kier alpha value is -1.98. The van der Waals surface area contributed by atoms with Gasteiger partial charge in [0.05, 0.1) is 17.8 Å². The number of rotatable bonds is 3. The van der Waals surface area contributed by atoms with E-state index in [0.29, 0.717) is 33.7 Å². The normalized spacial score (nSPS) is 16.2. The van der Waals surface area contributed by atoms with Crippen LogP contribution in [0.3, 0.4) is 0 Å². The van der Waals surface area contributed by atoms with Gasteiger partial charge in [0.2, 0.25) is 0 Å². The van der Waals surface area contributed by atoms with Crippen LogP contribution in [0.1, 0.15) is 16.8 Å². The molecule has 0 spiro atoms. The van der Waals surface area contributed by atoms with Crippen LogP contribution < -0.4 is 4.74 Å². The lowest BCUT2D eigenvalue weighted by Gasteiger charge is -2.28. The van der Waals surface area contributed by atoms with Crippen molar-refractivity contribution in [2.45, 2.75) is 6.42 Å². The predicted molar refractivity (Wildman–Crippen MR) is 99.7 cm³/mol. The van der Waals surface area contributed by atoms with Gasteiger partial charge in [-0.2, -0.15) is 0 Å². The summed E-state index contributed by atoms with van der Waals surface area (Å²) in [5, 5.41) is 1.26. The average molecular weight is 361 g/mol. The van der Waals surface area contributed by atoms with Crippen LogP contribution in [0.2, 0.25) is 5.02 Å². The van der Waals surface area contributed by atoms with E-state index in [9.17, 15) is 4.79 Å². The maximum atomic E-state index is 12.9. The molecule has 0 bridgehead atoms. The molecule has 24 heavy (non-hydrogen) atoms. The Labute approximate surface area is 150 Å². The number of amidine groups is 1. The topological polar surface area (TPSA) is 41.9 Å². The molecule has 0 aliphatic carbocycles. The number of para-hydroxylation sites is 1. The molecule has 124 valence electrons. The van der Waals surface area contributed by atoms with E-state index >= 15 is 0 Å². The molecule has 1 amide bonds. The summed E-state index contributed by atoms with van der Waals surface area (Å²) in [5.74, 6) is 1.52. The molecule has 2 aromatic rings. The minimum atomic E-state index is -0.0769. The molecule has 0 aromatic heterocycles. The van der Waals surface area contributed by atoms with Crippen LogP contribution in [0.5, 0.6) is 5.75 Å². The van der Waals surface area contributed by atoms with Gasteiger partial charge in [0, 0.05) is 17.9 Å². The van der Waals surface area contributed by atoms with Gasteiger partial charge in [0.1, 0.15) is 5.75 Å². The maximum absolute atomic E-state index is 12.9. The average Bonchev–Trinajstić information content (AvgIpc) is 2.63. The second-order valence-electron chi connectivity index (χ2n) is 5.24. The van der Waals surface area contributed by atoms with Crippen molar-refractivity contribution in [3.63, 3.8) is 0 Å². The van der Waals surface area contributed by atoms with E-state index in [0.717, 1.165) is 12.2 Å². The van der Waals surface area contributed by atoms with E-state index in [1.54, 1.807) is 42.0 Å². The van der Waals surface area contributed by atoms with Gasteiger partial charge < -0.3 is 4.74 Å². The highest BCUT2D eigenvalue weighted by Crippen LogP contribution is 2.29. The van der Waals surface area contributed by atoms with E-state index in [4.69, 9.17) is 16.3 Å². The Morgan fingerprint density at radius 2 is 2.08 bits per heavy atom. The SMILES string of the molecule is COc1cccc(C(=O)N2CCCSC2=Nc2ccccc2Cl)c1. The van der Waals surface area contributed by atoms with Crippen LogP contribution in [0, 0.1) is 0 Å². The zero-order valence-electron chi connectivity index (χ0n) is 13.2. The zero-order valence-corrected chi connectivity index (χ0v) is 14.8. The lowest BCUT2D eigenvalue weighted by atomic mass is 10.2. The first-order valence-corrected chi connectivity index (χ1v) is 8.97. The van der Waals surface area contributed by atoms with Gasteiger partial charge in [-0.3, -0.25) is 9.69 Å². The van der Waals surface area contributed by atoms with Crippen molar-refractivity contribution in [2.75, 3.05) is 19.4 Å². The molecule has 1 aliphatic heterocycles. The number of carbonyl (C=O) groups excluding carboxylic acids is 1.